The lowest BCUT2D eigenvalue weighted by Gasteiger charge is -2.11. The van der Waals surface area contributed by atoms with Crippen molar-refractivity contribution in [2.24, 2.45) is 0 Å². The van der Waals surface area contributed by atoms with Crippen LogP contribution in [0.3, 0.4) is 0 Å². The molecular formula is C8H8BN3O4. The highest BCUT2D eigenvalue weighted by Gasteiger charge is 2.30. The van der Waals surface area contributed by atoms with E-state index in [0.717, 1.165) is 4.90 Å². The van der Waals surface area contributed by atoms with E-state index in [2.05, 4.69) is 9.97 Å². The summed E-state index contributed by atoms with van der Waals surface area (Å²) in [6, 6.07) is 0. The smallest absolute Gasteiger partial charge is 0.423 e. The maximum absolute atomic E-state index is 11.3. The SMILES string of the molecule is O=C1CC(=O)N(c2ncc(B(O)O)cn2)C1. The number of aromatic nitrogens is 2. The van der Waals surface area contributed by atoms with Crippen molar-refractivity contribution < 1.29 is 19.6 Å². The monoisotopic (exact) mass is 221 g/mol. The zero-order valence-corrected chi connectivity index (χ0v) is 8.20. The van der Waals surface area contributed by atoms with Crippen molar-refractivity contribution >= 4 is 30.2 Å². The largest absolute Gasteiger partial charge is 0.491 e. The molecule has 16 heavy (non-hydrogen) atoms. The van der Waals surface area contributed by atoms with Gasteiger partial charge >= 0.3 is 7.12 Å². The van der Waals surface area contributed by atoms with Gasteiger partial charge in [0.1, 0.15) is 0 Å². The zero-order chi connectivity index (χ0) is 11.7. The predicted molar refractivity (Wildman–Crippen MR) is 53.8 cm³/mol. The van der Waals surface area contributed by atoms with Crippen LogP contribution < -0.4 is 10.4 Å². The molecule has 0 radical (unpaired) electrons. The topological polar surface area (TPSA) is 104 Å². The summed E-state index contributed by atoms with van der Waals surface area (Å²) in [6.07, 6.45) is 2.26. The average molecular weight is 221 g/mol. The van der Waals surface area contributed by atoms with Crippen LogP contribution in [0.25, 0.3) is 0 Å². The molecule has 0 aliphatic carbocycles. The Balaban J connectivity index is 2.22. The highest BCUT2D eigenvalue weighted by Crippen LogP contribution is 2.12. The van der Waals surface area contributed by atoms with Gasteiger partial charge in [0.05, 0.1) is 13.0 Å². The molecule has 8 heteroatoms. The summed E-state index contributed by atoms with van der Waals surface area (Å²) < 4.78 is 0. The van der Waals surface area contributed by atoms with Gasteiger partial charge in [-0.15, -0.1) is 0 Å². The molecule has 1 saturated heterocycles. The second kappa shape index (κ2) is 3.99. The van der Waals surface area contributed by atoms with Gasteiger partial charge in [-0.1, -0.05) is 0 Å². The van der Waals surface area contributed by atoms with Crippen molar-refractivity contribution in [2.75, 3.05) is 11.4 Å². The molecule has 2 heterocycles. The molecule has 1 aliphatic rings. The van der Waals surface area contributed by atoms with E-state index in [0.29, 0.717) is 0 Å². The second-order valence-electron chi connectivity index (χ2n) is 3.39. The number of Topliss-reactive ketones (excluding diaryl/α,β-unsaturated/α-hetero) is 1. The standard InChI is InChI=1S/C8H8BN3O4/c13-6-1-7(14)12(4-6)8-10-2-5(3-11-8)9(15)16/h2-3,15-16H,1,4H2. The van der Waals surface area contributed by atoms with Gasteiger partial charge in [0, 0.05) is 17.9 Å². The maximum Gasteiger partial charge on any atom is 0.491 e. The third-order valence-electron chi connectivity index (χ3n) is 2.18. The van der Waals surface area contributed by atoms with Crippen LogP contribution in [0.1, 0.15) is 6.42 Å². The highest BCUT2D eigenvalue weighted by atomic mass is 16.4. The number of amides is 1. The summed E-state index contributed by atoms with van der Waals surface area (Å²) >= 11 is 0. The number of anilines is 1. The van der Waals surface area contributed by atoms with Crippen molar-refractivity contribution in [3.8, 4) is 0 Å². The van der Waals surface area contributed by atoms with E-state index in [1.54, 1.807) is 0 Å². The lowest BCUT2D eigenvalue weighted by atomic mass is 9.83. The van der Waals surface area contributed by atoms with Crippen LogP contribution in [-0.2, 0) is 9.59 Å². The summed E-state index contributed by atoms with van der Waals surface area (Å²) in [5.74, 6) is -0.428. The number of hydrogen-bond donors (Lipinski definition) is 2. The molecule has 1 aromatic rings. The molecule has 0 bridgehead atoms. The fourth-order valence-corrected chi connectivity index (χ4v) is 1.37. The van der Waals surface area contributed by atoms with Crippen molar-refractivity contribution in [2.45, 2.75) is 6.42 Å². The number of carbonyl (C=O) groups is 2. The molecule has 0 atom stereocenters. The molecule has 82 valence electrons. The molecule has 1 fully saturated rings. The van der Waals surface area contributed by atoms with Gasteiger partial charge in [-0.05, 0) is 0 Å². The number of hydrogen-bond acceptors (Lipinski definition) is 6. The number of ketones is 1. The van der Waals surface area contributed by atoms with Crippen LogP contribution in [0.2, 0.25) is 0 Å². The lowest BCUT2D eigenvalue weighted by molar-refractivity contribution is -0.121. The fourth-order valence-electron chi connectivity index (χ4n) is 1.37. The Labute approximate surface area is 90.9 Å². The molecule has 1 aromatic heterocycles. The van der Waals surface area contributed by atoms with E-state index in [1.807, 2.05) is 0 Å². The molecule has 1 aliphatic heterocycles. The van der Waals surface area contributed by atoms with Gasteiger partial charge in [-0.25, -0.2) is 9.97 Å². The Morgan fingerprint density at radius 2 is 1.88 bits per heavy atom. The third kappa shape index (κ3) is 1.93. The Hall–Kier alpha value is -1.80. The minimum Gasteiger partial charge on any atom is -0.423 e. The average Bonchev–Trinajstić information content (AvgIpc) is 2.58. The first-order valence-corrected chi connectivity index (χ1v) is 4.58. The van der Waals surface area contributed by atoms with Crippen molar-refractivity contribution in [1.29, 1.82) is 0 Å². The van der Waals surface area contributed by atoms with Gasteiger partial charge in [0.25, 0.3) is 0 Å². The predicted octanol–water partition coefficient (Wildman–Crippen LogP) is -2.54. The number of nitrogens with zero attached hydrogens (tertiary/aromatic N) is 3. The van der Waals surface area contributed by atoms with E-state index in [4.69, 9.17) is 10.0 Å². The van der Waals surface area contributed by atoms with Crippen LogP contribution in [-0.4, -0.2) is 45.4 Å². The molecule has 0 unspecified atom stereocenters. The molecule has 0 saturated carbocycles. The van der Waals surface area contributed by atoms with Crippen LogP contribution in [0.15, 0.2) is 12.4 Å². The van der Waals surface area contributed by atoms with Gasteiger partial charge < -0.3 is 10.0 Å². The molecule has 0 aromatic carbocycles. The van der Waals surface area contributed by atoms with Gasteiger partial charge in [-0.3, -0.25) is 14.5 Å². The zero-order valence-electron chi connectivity index (χ0n) is 8.20. The Bertz CT molecular complexity index is 433. The summed E-state index contributed by atoms with van der Waals surface area (Å²) in [7, 11) is -1.65. The van der Waals surface area contributed by atoms with Gasteiger partial charge in [-0.2, -0.15) is 0 Å². The lowest BCUT2D eigenvalue weighted by Crippen LogP contribution is -2.33. The molecular weight excluding hydrogens is 213 g/mol. The Kier molecular flexibility index (Phi) is 2.67. The summed E-state index contributed by atoms with van der Waals surface area (Å²) in [5.41, 5.74) is 0.127. The van der Waals surface area contributed by atoms with Crippen LogP contribution in [0, 0.1) is 0 Å². The first kappa shape index (κ1) is 10.7. The second-order valence-corrected chi connectivity index (χ2v) is 3.39. The van der Waals surface area contributed by atoms with Crippen LogP contribution >= 0.6 is 0 Å². The first-order chi connectivity index (χ1) is 7.58. The summed E-state index contributed by atoms with van der Waals surface area (Å²) in [4.78, 5) is 31.1. The Morgan fingerprint density at radius 1 is 1.25 bits per heavy atom. The molecule has 2 rings (SSSR count). The van der Waals surface area contributed by atoms with E-state index in [1.165, 1.54) is 12.4 Å². The van der Waals surface area contributed by atoms with E-state index < -0.39 is 7.12 Å². The van der Waals surface area contributed by atoms with E-state index in [9.17, 15) is 9.59 Å². The summed E-state index contributed by atoms with van der Waals surface area (Å²) in [5, 5.41) is 17.6. The number of rotatable bonds is 2. The molecule has 0 spiro atoms. The normalized spacial score (nSPS) is 15.8. The van der Waals surface area contributed by atoms with Gasteiger partial charge in [0.2, 0.25) is 11.9 Å². The maximum atomic E-state index is 11.3. The third-order valence-corrected chi connectivity index (χ3v) is 2.18. The van der Waals surface area contributed by atoms with Crippen molar-refractivity contribution in [1.82, 2.24) is 9.97 Å². The first-order valence-electron chi connectivity index (χ1n) is 4.58. The molecule has 7 nitrogen and oxygen atoms in total. The van der Waals surface area contributed by atoms with Crippen LogP contribution in [0.5, 0.6) is 0 Å². The number of carbonyl (C=O) groups excluding carboxylic acids is 2. The van der Waals surface area contributed by atoms with Crippen molar-refractivity contribution in [3.63, 3.8) is 0 Å². The molecule has 2 N–H and O–H groups in total. The van der Waals surface area contributed by atoms with Crippen LogP contribution in [0.4, 0.5) is 5.95 Å². The highest BCUT2D eigenvalue weighted by molar-refractivity contribution is 6.58. The Morgan fingerprint density at radius 3 is 2.31 bits per heavy atom. The van der Waals surface area contributed by atoms with Crippen molar-refractivity contribution in [3.05, 3.63) is 12.4 Å². The summed E-state index contributed by atoms with van der Waals surface area (Å²) in [6.45, 7) is -0.0279. The van der Waals surface area contributed by atoms with E-state index >= 15 is 0 Å². The van der Waals surface area contributed by atoms with E-state index in [-0.39, 0.29) is 36.1 Å². The minimum atomic E-state index is -1.65. The fraction of sp³-hybridized carbons (Fsp3) is 0.250. The van der Waals surface area contributed by atoms with Gasteiger partial charge in [0.15, 0.2) is 5.78 Å². The quantitative estimate of drug-likeness (QED) is 0.421. The molecule has 1 amide bonds. The minimum absolute atomic E-state index is 0.0279.